The first-order chi connectivity index (χ1) is 10.7. The predicted octanol–water partition coefficient (Wildman–Crippen LogP) is 1.37. The minimum Gasteiger partial charge on any atom is -0.379 e. The second-order valence-electron chi connectivity index (χ2n) is 7.28. The molecular formula is C17H32ClN3O2. The molecular weight excluding hydrogens is 314 g/mol. The first-order valence-corrected chi connectivity index (χ1v) is 9.04. The van der Waals surface area contributed by atoms with E-state index >= 15 is 0 Å². The summed E-state index contributed by atoms with van der Waals surface area (Å²) in [4.78, 5) is 17.5. The summed E-state index contributed by atoms with van der Waals surface area (Å²) < 4.78 is 5.43. The average molecular weight is 346 g/mol. The number of nitrogens with zero attached hydrogens (tertiary/aromatic N) is 2. The van der Waals surface area contributed by atoms with Crippen molar-refractivity contribution in [1.82, 2.24) is 15.1 Å². The number of ether oxygens (including phenoxy) is 1. The molecule has 3 aliphatic heterocycles. The van der Waals surface area contributed by atoms with Crippen LogP contribution in [-0.2, 0) is 9.53 Å². The Hall–Kier alpha value is -0.360. The van der Waals surface area contributed by atoms with Gasteiger partial charge in [0.1, 0.15) is 0 Å². The number of piperidine rings is 2. The first-order valence-electron chi connectivity index (χ1n) is 9.04. The number of halogens is 1. The maximum Gasteiger partial charge on any atom is 0.225 e. The minimum atomic E-state index is 0. The van der Waals surface area contributed by atoms with Gasteiger partial charge in [-0.3, -0.25) is 9.69 Å². The summed E-state index contributed by atoms with van der Waals surface area (Å²) in [6, 6.07) is 0.483. The van der Waals surface area contributed by atoms with Crippen LogP contribution in [0.4, 0.5) is 0 Å². The van der Waals surface area contributed by atoms with Gasteiger partial charge in [0, 0.05) is 44.7 Å². The van der Waals surface area contributed by atoms with Gasteiger partial charge in [-0.15, -0.1) is 12.4 Å². The van der Waals surface area contributed by atoms with Crippen molar-refractivity contribution in [2.45, 2.75) is 38.6 Å². The molecule has 3 heterocycles. The Morgan fingerprint density at radius 2 is 2.00 bits per heavy atom. The van der Waals surface area contributed by atoms with Gasteiger partial charge in [-0.2, -0.15) is 0 Å². The standard InChI is InChI=1S/C17H31N3O2.ClH/c1-14-11-16(4-5-18-14)17(21)20-6-2-3-15(13-20)12-19-7-9-22-10-8-19;/h14-16,18H,2-13H2,1H3;1H/t14-,15?,16-;/m0./s1. The lowest BCUT2D eigenvalue weighted by atomic mass is 9.90. The molecule has 6 heteroatoms. The highest BCUT2D eigenvalue weighted by molar-refractivity contribution is 5.85. The van der Waals surface area contributed by atoms with E-state index in [4.69, 9.17) is 4.74 Å². The third-order valence-electron chi connectivity index (χ3n) is 5.42. The molecule has 0 aliphatic carbocycles. The fourth-order valence-electron chi connectivity index (χ4n) is 4.18. The van der Waals surface area contributed by atoms with E-state index in [0.29, 0.717) is 17.9 Å². The normalized spacial score (nSPS) is 33.1. The number of hydrogen-bond donors (Lipinski definition) is 1. The summed E-state index contributed by atoms with van der Waals surface area (Å²) in [6.07, 6.45) is 4.45. The van der Waals surface area contributed by atoms with Gasteiger partial charge >= 0.3 is 0 Å². The van der Waals surface area contributed by atoms with Crippen LogP contribution < -0.4 is 5.32 Å². The molecule has 1 N–H and O–H groups in total. The van der Waals surface area contributed by atoms with Crippen molar-refractivity contribution >= 4 is 18.3 Å². The summed E-state index contributed by atoms with van der Waals surface area (Å²) in [5, 5.41) is 3.44. The van der Waals surface area contributed by atoms with Gasteiger partial charge in [-0.05, 0) is 45.1 Å². The number of nitrogens with one attached hydrogen (secondary N) is 1. The van der Waals surface area contributed by atoms with E-state index in [9.17, 15) is 4.79 Å². The molecule has 3 saturated heterocycles. The van der Waals surface area contributed by atoms with E-state index < -0.39 is 0 Å². The quantitative estimate of drug-likeness (QED) is 0.839. The Labute approximate surface area is 146 Å². The fraction of sp³-hybridized carbons (Fsp3) is 0.941. The highest BCUT2D eigenvalue weighted by atomic mass is 35.5. The molecule has 1 unspecified atom stereocenters. The molecule has 3 fully saturated rings. The Balaban J connectivity index is 0.00000192. The smallest absolute Gasteiger partial charge is 0.225 e. The average Bonchev–Trinajstić information content (AvgIpc) is 2.55. The topological polar surface area (TPSA) is 44.8 Å². The molecule has 134 valence electrons. The molecule has 0 aromatic rings. The van der Waals surface area contributed by atoms with E-state index in [1.54, 1.807) is 0 Å². The van der Waals surface area contributed by atoms with Gasteiger partial charge in [-0.25, -0.2) is 0 Å². The minimum absolute atomic E-state index is 0. The third-order valence-corrected chi connectivity index (χ3v) is 5.42. The molecule has 0 radical (unpaired) electrons. The number of hydrogen-bond acceptors (Lipinski definition) is 4. The van der Waals surface area contributed by atoms with Gasteiger partial charge in [0.05, 0.1) is 13.2 Å². The van der Waals surface area contributed by atoms with E-state index in [-0.39, 0.29) is 18.3 Å². The summed E-state index contributed by atoms with van der Waals surface area (Å²) in [5.74, 6) is 1.31. The molecule has 0 spiro atoms. The van der Waals surface area contributed by atoms with Crippen molar-refractivity contribution in [3.05, 3.63) is 0 Å². The summed E-state index contributed by atoms with van der Waals surface area (Å²) >= 11 is 0. The SMILES string of the molecule is C[C@H]1C[C@@H](C(=O)N2CCCC(CN3CCOCC3)C2)CCN1.Cl. The zero-order chi connectivity index (χ0) is 15.4. The van der Waals surface area contributed by atoms with Crippen LogP contribution in [0.25, 0.3) is 0 Å². The molecule has 0 saturated carbocycles. The number of likely N-dealkylation sites (tertiary alicyclic amines) is 1. The van der Waals surface area contributed by atoms with Gasteiger partial charge in [0.2, 0.25) is 5.91 Å². The predicted molar refractivity (Wildman–Crippen MR) is 94.0 cm³/mol. The lowest BCUT2D eigenvalue weighted by molar-refractivity contribution is -0.138. The molecule has 5 nitrogen and oxygen atoms in total. The molecule has 3 atom stereocenters. The number of carbonyl (C=O) groups is 1. The van der Waals surface area contributed by atoms with Crippen LogP contribution >= 0.6 is 12.4 Å². The van der Waals surface area contributed by atoms with Crippen LogP contribution in [0.2, 0.25) is 0 Å². The first kappa shape index (κ1) is 19.0. The van der Waals surface area contributed by atoms with E-state index in [0.717, 1.165) is 65.3 Å². The Kier molecular flexibility index (Phi) is 7.60. The molecule has 0 bridgehead atoms. The Morgan fingerprint density at radius 1 is 1.22 bits per heavy atom. The van der Waals surface area contributed by atoms with Crippen molar-refractivity contribution in [1.29, 1.82) is 0 Å². The molecule has 3 aliphatic rings. The highest BCUT2D eigenvalue weighted by Gasteiger charge is 2.32. The maximum atomic E-state index is 12.8. The summed E-state index contributed by atoms with van der Waals surface area (Å²) in [5.41, 5.74) is 0. The van der Waals surface area contributed by atoms with Crippen molar-refractivity contribution in [2.75, 3.05) is 52.5 Å². The van der Waals surface area contributed by atoms with Crippen molar-refractivity contribution in [3.8, 4) is 0 Å². The summed E-state index contributed by atoms with van der Waals surface area (Å²) in [7, 11) is 0. The van der Waals surface area contributed by atoms with Gasteiger partial charge in [0.15, 0.2) is 0 Å². The highest BCUT2D eigenvalue weighted by Crippen LogP contribution is 2.24. The van der Waals surface area contributed by atoms with E-state index in [1.165, 1.54) is 12.8 Å². The van der Waals surface area contributed by atoms with Gasteiger partial charge in [-0.1, -0.05) is 0 Å². The van der Waals surface area contributed by atoms with Crippen LogP contribution in [0.1, 0.15) is 32.6 Å². The number of rotatable bonds is 3. The van der Waals surface area contributed by atoms with Crippen LogP contribution in [-0.4, -0.2) is 74.2 Å². The molecule has 3 rings (SSSR count). The number of morpholine rings is 1. The van der Waals surface area contributed by atoms with Gasteiger partial charge < -0.3 is 15.0 Å². The zero-order valence-electron chi connectivity index (χ0n) is 14.3. The third kappa shape index (κ3) is 5.31. The maximum absolute atomic E-state index is 12.8. The van der Waals surface area contributed by atoms with Crippen molar-refractivity contribution in [2.24, 2.45) is 11.8 Å². The summed E-state index contributed by atoms with van der Waals surface area (Å²) in [6.45, 7) is 10.1. The monoisotopic (exact) mass is 345 g/mol. The van der Waals surface area contributed by atoms with Crippen molar-refractivity contribution in [3.63, 3.8) is 0 Å². The molecule has 0 aromatic carbocycles. The van der Waals surface area contributed by atoms with Gasteiger partial charge in [0.25, 0.3) is 0 Å². The second-order valence-corrected chi connectivity index (χ2v) is 7.28. The fourth-order valence-corrected chi connectivity index (χ4v) is 4.18. The zero-order valence-corrected chi connectivity index (χ0v) is 15.2. The van der Waals surface area contributed by atoms with Crippen LogP contribution in [0, 0.1) is 11.8 Å². The molecule has 23 heavy (non-hydrogen) atoms. The lowest BCUT2D eigenvalue weighted by Gasteiger charge is -2.39. The molecule has 0 aromatic heterocycles. The number of amides is 1. The van der Waals surface area contributed by atoms with Crippen molar-refractivity contribution < 1.29 is 9.53 Å². The lowest BCUT2D eigenvalue weighted by Crippen LogP contribution is -2.49. The van der Waals surface area contributed by atoms with E-state index in [2.05, 4.69) is 22.0 Å². The Bertz CT molecular complexity index is 377. The Morgan fingerprint density at radius 3 is 2.74 bits per heavy atom. The van der Waals surface area contributed by atoms with Crippen LogP contribution in [0.5, 0.6) is 0 Å². The largest absolute Gasteiger partial charge is 0.379 e. The number of carbonyl (C=O) groups excluding carboxylic acids is 1. The second kappa shape index (κ2) is 9.21. The van der Waals surface area contributed by atoms with Crippen LogP contribution in [0.15, 0.2) is 0 Å². The molecule has 1 amide bonds. The van der Waals surface area contributed by atoms with E-state index in [1.807, 2.05) is 0 Å². The van der Waals surface area contributed by atoms with Crippen LogP contribution in [0.3, 0.4) is 0 Å².